The number of benzene rings is 2. The van der Waals surface area contributed by atoms with E-state index < -0.39 is 36.2 Å². The summed E-state index contributed by atoms with van der Waals surface area (Å²) in [5, 5.41) is 23.1. The van der Waals surface area contributed by atoms with Crippen molar-refractivity contribution >= 4 is 18.0 Å². The molecule has 0 bridgehead atoms. The Morgan fingerprint density at radius 3 is 2.10 bits per heavy atom. The lowest BCUT2D eigenvalue weighted by Gasteiger charge is -2.40. The van der Waals surface area contributed by atoms with Gasteiger partial charge in [0, 0.05) is 5.92 Å². The zero-order chi connectivity index (χ0) is 22.0. The van der Waals surface area contributed by atoms with Crippen molar-refractivity contribution in [1.29, 1.82) is 0 Å². The fourth-order valence-electron chi connectivity index (χ4n) is 4.25. The number of carbonyl (C=O) groups excluding carboxylic acids is 2. The molecule has 0 spiro atoms. The SMILES string of the molecule is O=C(NC1(C(=O)N[C@@H](CO)C(=O)O)CCC1)OCC1c2ccccc2-c2ccccc21. The number of aliphatic hydroxyl groups excluding tert-OH is 1. The molecule has 4 rings (SSSR count). The van der Waals surface area contributed by atoms with Crippen LogP contribution in [0.2, 0.25) is 0 Å². The van der Waals surface area contributed by atoms with E-state index in [0.717, 1.165) is 22.3 Å². The Balaban J connectivity index is 1.42. The van der Waals surface area contributed by atoms with Crippen LogP contribution in [0.15, 0.2) is 48.5 Å². The van der Waals surface area contributed by atoms with Gasteiger partial charge in [0.05, 0.1) is 6.61 Å². The molecule has 0 aliphatic heterocycles. The minimum atomic E-state index is -1.42. The van der Waals surface area contributed by atoms with Crippen molar-refractivity contribution in [2.75, 3.05) is 13.2 Å². The number of amides is 2. The predicted molar refractivity (Wildman–Crippen MR) is 111 cm³/mol. The number of carboxylic acid groups (broad SMARTS) is 1. The topological polar surface area (TPSA) is 125 Å². The third-order valence-corrected chi connectivity index (χ3v) is 6.11. The first-order valence-corrected chi connectivity index (χ1v) is 10.2. The first-order valence-electron chi connectivity index (χ1n) is 10.2. The summed E-state index contributed by atoms with van der Waals surface area (Å²) in [6.45, 7) is -0.617. The van der Waals surface area contributed by atoms with Gasteiger partial charge in [0.1, 0.15) is 18.2 Å². The highest BCUT2D eigenvalue weighted by Crippen LogP contribution is 2.44. The molecule has 2 aliphatic carbocycles. The highest BCUT2D eigenvalue weighted by Gasteiger charge is 2.47. The Morgan fingerprint density at radius 2 is 1.61 bits per heavy atom. The Morgan fingerprint density at radius 1 is 1.03 bits per heavy atom. The molecule has 0 unspecified atom stereocenters. The van der Waals surface area contributed by atoms with Gasteiger partial charge in [0.2, 0.25) is 5.91 Å². The van der Waals surface area contributed by atoms with E-state index in [2.05, 4.69) is 10.6 Å². The number of hydrogen-bond donors (Lipinski definition) is 4. The van der Waals surface area contributed by atoms with Gasteiger partial charge in [-0.05, 0) is 41.5 Å². The standard InChI is InChI=1S/C23H24N2O6/c26-12-19(20(27)28)24-21(29)23(10-5-11-23)25-22(30)31-13-18-16-8-3-1-6-14(16)15-7-2-4-9-17(15)18/h1-4,6-9,18-19,26H,5,10-13H2,(H,24,29)(H,25,30)(H,27,28)/t19-/m0/s1. The van der Waals surface area contributed by atoms with Gasteiger partial charge < -0.3 is 25.6 Å². The van der Waals surface area contributed by atoms with Gasteiger partial charge in [-0.25, -0.2) is 9.59 Å². The first-order chi connectivity index (χ1) is 14.9. The Hall–Kier alpha value is -3.39. The molecule has 4 N–H and O–H groups in total. The van der Waals surface area contributed by atoms with E-state index in [1.165, 1.54) is 0 Å². The lowest BCUT2D eigenvalue weighted by Crippen LogP contribution is -2.65. The maximum Gasteiger partial charge on any atom is 0.408 e. The number of aliphatic carboxylic acids is 1. The van der Waals surface area contributed by atoms with Gasteiger partial charge in [0.25, 0.3) is 0 Å². The third-order valence-electron chi connectivity index (χ3n) is 6.11. The number of rotatable bonds is 7. The molecule has 1 atom stereocenters. The van der Waals surface area contributed by atoms with Gasteiger partial charge in [-0.2, -0.15) is 0 Å². The monoisotopic (exact) mass is 424 g/mol. The number of ether oxygens (including phenoxy) is 1. The highest BCUT2D eigenvalue weighted by molar-refractivity contribution is 5.93. The molecule has 1 saturated carbocycles. The van der Waals surface area contributed by atoms with E-state index in [9.17, 15) is 14.4 Å². The van der Waals surface area contributed by atoms with Crippen molar-refractivity contribution in [3.63, 3.8) is 0 Å². The van der Waals surface area contributed by atoms with E-state index in [0.29, 0.717) is 19.3 Å². The summed E-state index contributed by atoms with van der Waals surface area (Å²) in [5.74, 6) is -2.07. The molecule has 162 valence electrons. The van der Waals surface area contributed by atoms with Crippen molar-refractivity contribution in [3.05, 3.63) is 59.7 Å². The van der Waals surface area contributed by atoms with Crippen LogP contribution in [0.5, 0.6) is 0 Å². The van der Waals surface area contributed by atoms with Crippen molar-refractivity contribution in [2.45, 2.75) is 36.8 Å². The number of carboxylic acids is 1. The van der Waals surface area contributed by atoms with Gasteiger partial charge in [0.15, 0.2) is 0 Å². The molecule has 2 aromatic carbocycles. The summed E-state index contributed by atoms with van der Waals surface area (Å²) in [4.78, 5) is 36.2. The maximum atomic E-state index is 12.6. The zero-order valence-corrected chi connectivity index (χ0v) is 16.8. The minimum Gasteiger partial charge on any atom is -0.480 e. The van der Waals surface area contributed by atoms with Crippen LogP contribution in [-0.2, 0) is 14.3 Å². The summed E-state index contributed by atoms with van der Waals surface area (Å²) in [5.41, 5.74) is 3.18. The summed E-state index contributed by atoms with van der Waals surface area (Å²) < 4.78 is 5.50. The summed E-state index contributed by atoms with van der Waals surface area (Å²) in [6.07, 6.45) is 0.739. The normalized spacial score (nSPS) is 16.9. The Kier molecular flexibility index (Phi) is 5.65. The van der Waals surface area contributed by atoms with Gasteiger partial charge in [-0.15, -0.1) is 0 Å². The molecule has 0 saturated heterocycles. The van der Waals surface area contributed by atoms with Crippen LogP contribution in [0.3, 0.4) is 0 Å². The average Bonchev–Trinajstić information content (AvgIpc) is 3.06. The molecule has 0 heterocycles. The second kappa shape index (κ2) is 8.39. The lowest BCUT2D eigenvalue weighted by atomic mass is 9.76. The van der Waals surface area contributed by atoms with Crippen LogP contribution in [0.4, 0.5) is 4.79 Å². The Labute approximate surface area is 179 Å². The molecule has 0 radical (unpaired) electrons. The second-order valence-electron chi connectivity index (χ2n) is 7.93. The van der Waals surface area contributed by atoms with Crippen molar-refractivity contribution in [1.82, 2.24) is 10.6 Å². The zero-order valence-electron chi connectivity index (χ0n) is 16.8. The minimum absolute atomic E-state index is 0.102. The molecule has 8 heteroatoms. The van der Waals surface area contributed by atoms with Crippen LogP contribution in [-0.4, -0.2) is 53.0 Å². The fourth-order valence-corrected chi connectivity index (χ4v) is 4.25. The molecular weight excluding hydrogens is 400 g/mol. The summed E-state index contributed by atoms with van der Waals surface area (Å²) >= 11 is 0. The van der Waals surface area contributed by atoms with E-state index in [1.807, 2.05) is 48.5 Å². The van der Waals surface area contributed by atoms with Gasteiger partial charge in [-0.1, -0.05) is 48.5 Å². The molecule has 2 amide bonds. The maximum absolute atomic E-state index is 12.6. The van der Waals surface area contributed by atoms with Crippen LogP contribution in [0.1, 0.15) is 36.3 Å². The number of alkyl carbamates (subject to hydrolysis) is 1. The summed E-state index contributed by atoms with van der Waals surface area (Å²) in [7, 11) is 0. The largest absolute Gasteiger partial charge is 0.480 e. The average molecular weight is 424 g/mol. The first kappa shape index (κ1) is 20.9. The molecule has 2 aromatic rings. The van der Waals surface area contributed by atoms with Crippen molar-refractivity contribution in [2.24, 2.45) is 0 Å². The summed E-state index contributed by atoms with van der Waals surface area (Å²) in [6, 6.07) is 14.5. The lowest BCUT2D eigenvalue weighted by molar-refractivity contribution is -0.145. The predicted octanol–water partition coefficient (Wildman–Crippen LogP) is 2.01. The quantitative estimate of drug-likeness (QED) is 0.539. The number of nitrogens with one attached hydrogen (secondary N) is 2. The van der Waals surface area contributed by atoms with Crippen molar-refractivity contribution in [3.8, 4) is 11.1 Å². The van der Waals surface area contributed by atoms with Gasteiger partial charge >= 0.3 is 12.1 Å². The van der Waals surface area contributed by atoms with Crippen LogP contribution in [0.25, 0.3) is 11.1 Å². The van der Waals surface area contributed by atoms with Crippen LogP contribution < -0.4 is 10.6 Å². The fraction of sp³-hybridized carbons (Fsp3) is 0.348. The number of hydrogen-bond acceptors (Lipinski definition) is 5. The molecular formula is C23H24N2O6. The molecule has 2 aliphatic rings. The van der Waals surface area contributed by atoms with E-state index in [4.69, 9.17) is 14.9 Å². The van der Waals surface area contributed by atoms with Crippen LogP contribution >= 0.6 is 0 Å². The van der Waals surface area contributed by atoms with E-state index in [1.54, 1.807) is 0 Å². The third kappa shape index (κ3) is 3.86. The van der Waals surface area contributed by atoms with E-state index >= 15 is 0 Å². The van der Waals surface area contributed by atoms with E-state index in [-0.39, 0.29) is 12.5 Å². The molecule has 31 heavy (non-hydrogen) atoms. The molecule has 1 fully saturated rings. The smallest absolute Gasteiger partial charge is 0.408 e. The van der Waals surface area contributed by atoms with Gasteiger partial charge in [-0.3, -0.25) is 4.79 Å². The van der Waals surface area contributed by atoms with Crippen molar-refractivity contribution < 1.29 is 29.3 Å². The number of aliphatic hydroxyl groups is 1. The number of fused-ring (bicyclic) bond motifs is 3. The highest BCUT2D eigenvalue weighted by atomic mass is 16.5. The Bertz CT molecular complexity index is 971. The van der Waals surface area contributed by atoms with Crippen LogP contribution in [0, 0.1) is 0 Å². The molecule has 8 nitrogen and oxygen atoms in total. The number of carbonyl (C=O) groups is 3. The second-order valence-corrected chi connectivity index (χ2v) is 7.93. The molecule has 0 aromatic heterocycles.